The number of hydrogen-bond acceptors (Lipinski definition) is 7. The maximum Gasteiger partial charge on any atom is 0.335 e. The van der Waals surface area contributed by atoms with Crippen LogP contribution in [0.25, 0.3) is 0 Å². The minimum absolute atomic E-state index is 0.0151. The molecule has 0 spiro atoms. The first kappa shape index (κ1) is 24.8. The van der Waals surface area contributed by atoms with E-state index in [0.717, 1.165) is 7.11 Å². The largest absolute Gasteiger partial charge is 0.468 e. The highest BCUT2D eigenvalue weighted by Crippen LogP contribution is 2.22. The van der Waals surface area contributed by atoms with Gasteiger partial charge in [-0.15, -0.1) is 0 Å². The Hall–Kier alpha value is -2.16. The van der Waals surface area contributed by atoms with E-state index in [1.165, 1.54) is 7.11 Å². The maximum absolute atomic E-state index is 12.7. The second kappa shape index (κ2) is 10.9. The first-order valence-corrected chi connectivity index (χ1v) is 8.75. The normalized spacial score (nSPS) is 14.7. The summed E-state index contributed by atoms with van der Waals surface area (Å²) in [6.07, 6.45) is -1.42. The first-order valence-electron chi connectivity index (χ1n) is 8.75. The third-order valence-corrected chi connectivity index (χ3v) is 3.94. The lowest BCUT2D eigenvalue weighted by atomic mass is 9.84. The van der Waals surface area contributed by atoms with Gasteiger partial charge in [0.2, 0.25) is 11.8 Å². The molecule has 0 aromatic carbocycles. The summed E-state index contributed by atoms with van der Waals surface area (Å²) < 4.78 is 9.00. The Labute approximate surface area is 160 Å². The number of aliphatic hydroxyl groups is 1. The summed E-state index contributed by atoms with van der Waals surface area (Å²) in [7, 11) is 2.32. The Bertz CT molecular complexity index is 540. The Morgan fingerprint density at radius 2 is 1.56 bits per heavy atom. The molecule has 0 fully saturated rings. The highest BCUT2D eigenvalue weighted by atomic mass is 16.5. The van der Waals surface area contributed by atoms with E-state index in [4.69, 9.17) is 0 Å². The number of methoxy groups -OCH3 is 2. The highest BCUT2D eigenvalue weighted by Gasteiger charge is 2.38. The number of carbonyl (C=O) groups is 4. The molecule has 0 aliphatic carbocycles. The molecule has 0 saturated carbocycles. The number of carbonyl (C=O) groups excluding carboxylic acids is 4. The van der Waals surface area contributed by atoms with Gasteiger partial charge in [-0.2, -0.15) is 0 Å². The summed E-state index contributed by atoms with van der Waals surface area (Å²) in [6.45, 7) is 8.57. The molecular formula is C18H32N2O7. The van der Waals surface area contributed by atoms with Crippen molar-refractivity contribution in [3.8, 4) is 0 Å². The fourth-order valence-electron chi connectivity index (χ4n) is 2.43. The summed E-state index contributed by atoms with van der Waals surface area (Å²) in [5, 5.41) is 15.2. The van der Waals surface area contributed by atoms with E-state index < -0.39 is 47.2 Å². The van der Waals surface area contributed by atoms with Crippen LogP contribution in [0.1, 0.15) is 41.0 Å². The summed E-state index contributed by atoms with van der Waals surface area (Å²) in [5.74, 6) is -3.82. The monoisotopic (exact) mass is 388 g/mol. The van der Waals surface area contributed by atoms with Crippen LogP contribution in [0.4, 0.5) is 0 Å². The van der Waals surface area contributed by atoms with E-state index in [0.29, 0.717) is 0 Å². The molecule has 0 saturated heterocycles. The number of ether oxygens (including phenoxy) is 2. The summed E-state index contributed by atoms with van der Waals surface area (Å²) in [5.41, 5.74) is -0.686. The Morgan fingerprint density at radius 1 is 1.00 bits per heavy atom. The lowest BCUT2D eigenvalue weighted by Crippen LogP contribution is -2.56. The molecule has 0 rings (SSSR count). The van der Waals surface area contributed by atoms with Crippen molar-refractivity contribution in [2.45, 2.75) is 53.2 Å². The van der Waals surface area contributed by atoms with Crippen LogP contribution >= 0.6 is 0 Å². The molecule has 2 amide bonds. The molecule has 0 heterocycles. The fraction of sp³-hybridized carbons (Fsp3) is 0.778. The van der Waals surface area contributed by atoms with E-state index in [2.05, 4.69) is 20.1 Å². The third kappa shape index (κ3) is 8.38. The number of rotatable bonds is 9. The molecule has 0 aromatic rings. The average molecular weight is 388 g/mol. The van der Waals surface area contributed by atoms with Gasteiger partial charge in [-0.05, 0) is 17.8 Å². The molecule has 9 heteroatoms. The zero-order valence-electron chi connectivity index (χ0n) is 17.1. The smallest absolute Gasteiger partial charge is 0.335 e. The van der Waals surface area contributed by atoms with Crippen molar-refractivity contribution in [2.75, 3.05) is 20.8 Å². The number of hydrogen-bond donors (Lipinski definition) is 3. The van der Waals surface area contributed by atoms with Gasteiger partial charge in [-0.3, -0.25) is 14.4 Å². The Kier molecular flexibility index (Phi) is 9.99. The zero-order chi connectivity index (χ0) is 21.4. The van der Waals surface area contributed by atoms with E-state index in [1.807, 2.05) is 13.8 Å². The van der Waals surface area contributed by atoms with E-state index in [9.17, 15) is 24.3 Å². The molecule has 1 unspecified atom stereocenters. The van der Waals surface area contributed by atoms with Gasteiger partial charge in [-0.1, -0.05) is 34.6 Å². The molecule has 156 valence electrons. The van der Waals surface area contributed by atoms with Crippen molar-refractivity contribution < 1.29 is 33.8 Å². The second-order valence-corrected chi connectivity index (χ2v) is 7.81. The van der Waals surface area contributed by atoms with Crippen LogP contribution < -0.4 is 10.6 Å². The number of nitrogens with one attached hydrogen (secondary N) is 2. The van der Waals surface area contributed by atoms with Gasteiger partial charge in [0.1, 0.15) is 12.6 Å². The highest BCUT2D eigenvalue weighted by molar-refractivity contribution is 5.92. The summed E-state index contributed by atoms with van der Waals surface area (Å²) in [4.78, 5) is 48.1. The Balaban J connectivity index is 5.40. The van der Waals surface area contributed by atoms with Gasteiger partial charge in [0.05, 0.1) is 20.1 Å². The standard InChI is InChI=1S/C18H32N2O7/c1-10(2)8-11(13(22)17(25)27-7)15(23)20-14(18(3,4)5)16(24)19-9-12(21)26-6/h10-11,13-14,22H,8-9H2,1-7H3,(H,19,24)(H,20,23)/t11-,13+,14?/m1/s1. The van der Waals surface area contributed by atoms with Crippen molar-refractivity contribution in [2.24, 2.45) is 17.3 Å². The second-order valence-electron chi connectivity index (χ2n) is 7.81. The van der Waals surface area contributed by atoms with Crippen LogP contribution in [0.15, 0.2) is 0 Å². The van der Waals surface area contributed by atoms with Crippen LogP contribution in [0, 0.1) is 17.3 Å². The third-order valence-electron chi connectivity index (χ3n) is 3.94. The Morgan fingerprint density at radius 3 is 1.96 bits per heavy atom. The van der Waals surface area contributed by atoms with E-state index >= 15 is 0 Å². The molecule has 0 aromatic heterocycles. The van der Waals surface area contributed by atoms with Gasteiger partial charge in [0.25, 0.3) is 0 Å². The van der Waals surface area contributed by atoms with Gasteiger partial charge in [0.15, 0.2) is 6.10 Å². The van der Waals surface area contributed by atoms with Gasteiger partial charge >= 0.3 is 11.9 Å². The minimum Gasteiger partial charge on any atom is -0.468 e. The van der Waals surface area contributed by atoms with Crippen LogP contribution in [0.5, 0.6) is 0 Å². The molecule has 0 bridgehead atoms. The summed E-state index contributed by atoms with van der Waals surface area (Å²) >= 11 is 0. The van der Waals surface area contributed by atoms with Crippen LogP contribution in [-0.2, 0) is 28.7 Å². The molecule has 0 aliphatic heterocycles. The first-order chi connectivity index (χ1) is 12.3. The zero-order valence-corrected chi connectivity index (χ0v) is 17.1. The molecule has 0 radical (unpaired) electrons. The van der Waals surface area contributed by atoms with Gasteiger partial charge < -0.3 is 25.2 Å². The molecular weight excluding hydrogens is 356 g/mol. The predicted octanol–water partition coefficient (Wildman–Crippen LogP) is 0.00270. The minimum atomic E-state index is -1.64. The number of esters is 2. The quantitative estimate of drug-likeness (QED) is 0.474. The lowest BCUT2D eigenvalue weighted by Gasteiger charge is -2.32. The van der Waals surface area contributed by atoms with Crippen molar-refractivity contribution >= 4 is 23.8 Å². The van der Waals surface area contributed by atoms with Crippen molar-refractivity contribution in [3.63, 3.8) is 0 Å². The number of amides is 2. The molecule has 3 N–H and O–H groups in total. The predicted molar refractivity (Wildman–Crippen MR) is 97.4 cm³/mol. The summed E-state index contributed by atoms with van der Waals surface area (Å²) in [6, 6.07) is -0.992. The van der Waals surface area contributed by atoms with Crippen LogP contribution in [-0.4, -0.2) is 61.8 Å². The van der Waals surface area contributed by atoms with Crippen molar-refractivity contribution in [3.05, 3.63) is 0 Å². The molecule has 27 heavy (non-hydrogen) atoms. The topological polar surface area (TPSA) is 131 Å². The molecule has 0 aliphatic rings. The number of aliphatic hydroxyl groups excluding tert-OH is 1. The lowest BCUT2D eigenvalue weighted by molar-refractivity contribution is -0.157. The van der Waals surface area contributed by atoms with Crippen molar-refractivity contribution in [1.82, 2.24) is 10.6 Å². The van der Waals surface area contributed by atoms with Gasteiger partial charge in [0, 0.05) is 0 Å². The fourth-order valence-corrected chi connectivity index (χ4v) is 2.43. The van der Waals surface area contributed by atoms with E-state index in [1.54, 1.807) is 20.8 Å². The maximum atomic E-state index is 12.7. The van der Waals surface area contributed by atoms with Crippen LogP contribution in [0.2, 0.25) is 0 Å². The SMILES string of the molecule is COC(=O)CNC(=O)C(NC(=O)[C@H](CC(C)C)[C@H](O)C(=O)OC)C(C)(C)C. The van der Waals surface area contributed by atoms with E-state index in [-0.39, 0.29) is 18.9 Å². The van der Waals surface area contributed by atoms with Crippen molar-refractivity contribution in [1.29, 1.82) is 0 Å². The molecule has 3 atom stereocenters. The van der Waals surface area contributed by atoms with Gasteiger partial charge in [-0.25, -0.2) is 4.79 Å². The molecule has 9 nitrogen and oxygen atoms in total. The van der Waals surface area contributed by atoms with Crippen LogP contribution in [0.3, 0.4) is 0 Å². The average Bonchev–Trinajstić information content (AvgIpc) is 2.58.